The van der Waals surface area contributed by atoms with Crippen LogP contribution in [0.15, 0.2) is 59.1 Å². The molecule has 6 nitrogen and oxygen atoms in total. The number of anilines is 1. The van der Waals surface area contributed by atoms with E-state index in [2.05, 4.69) is 10.3 Å². The SMILES string of the molecule is O=C1Nc2ccccc2/C1=C\c1ccc(-c2ccc(C(=O)O)nc2)o1. The van der Waals surface area contributed by atoms with Crippen molar-refractivity contribution in [1.82, 2.24) is 4.98 Å². The zero-order chi connectivity index (χ0) is 17.4. The van der Waals surface area contributed by atoms with Gasteiger partial charge in [0.2, 0.25) is 0 Å². The number of carboxylic acid groups (broad SMARTS) is 1. The lowest BCUT2D eigenvalue weighted by Crippen LogP contribution is -2.03. The Bertz CT molecular complexity index is 1020. The predicted octanol–water partition coefficient (Wildman–Crippen LogP) is 3.53. The molecule has 2 aromatic heterocycles. The lowest BCUT2D eigenvalue weighted by Gasteiger charge is -1.98. The maximum Gasteiger partial charge on any atom is 0.354 e. The van der Waals surface area contributed by atoms with Crippen molar-refractivity contribution in [3.8, 4) is 11.3 Å². The Balaban J connectivity index is 1.66. The van der Waals surface area contributed by atoms with Crippen LogP contribution in [0.5, 0.6) is 0 Å². The van der Waals surface area contributed by atoms with Crippen LogP contribution in [-0.2, 0) is 4.79 Å². The summed E-state index contributed by atoms with van der Waals surface area (Å²) >= 11 is 0. The molecule has 2 N–H and O–H groups in total. The fourth-order valence-corrected chi connectivity index (χ4v) is 2.68. The second-order valence-corrected chi connectivity index (χ2v) is 5.50. The van der Waals surface area contributed by atoms with Crippen LogP contribution in [-0.4, -0.2) is 22.0 Å². The van der Waals surface area contributed by atoms with Crippen LogP contribution < -0.4 is 5.32 Å². The number of aromatic carboxylic acids is 1. The van der Waals surface area contributed by atoms with E-state index in [-0.39, 0.29) is 11.6 Å². The van der Waals surface area contributed by atoms with Gasteiger partial charge in [0.25, 0.3) is 5.91 Å². The van der Waals surface area contributed by atoms with Crippen LogP contribution >= 0.6 is 0 Å². The average molecular weight is 332 g/mol. The topological polar surface area (TPSA) is 92.4 Å². The summed E-state index contributed by atoms with van der Waals surface area (Å²) < 4.78 is 5.75. The van der Waals surface area contributed by atoms with E-state index in [1.165, 1.54) is 12.3 Å². The maximum atomic E-state index is 12.1. The van der Waals surface area contributed by atoms with Crippen molar-refractivity contribution in [2.45, 2.75) is 0 Å². The van der Waals surface area contributed by atoms with E-state index in [1.807, 2.05) is 24.3 Å². The lowest BCUT2D eigenvalue weighted by atomic mass is 10.1. The molecule has 1 amide bonds. The molecule has 0 atom stereocenters. The molecule has 4 rings (SSSR count). The van der Waals surface area contributed by atoms with Gasteiger partial charge in [-0.25, -0.2) is 9.78 Å². The first-order chi connectivity index (χ1) is 12.1. The molecule has 0 unspecified atom stereocenters. The van der Waals surface area contributed by atoms with Gasteiger partial charge in [0, 0.05) is 23.0 Å². The standard InChI is InChI=1S/C19H12N2O4/c22-18-14(13-3-1-2-4-15(13)21-18)9-12-6-8-17(25-12)11-5-7-16(19(23)24)20-10-11/h1-10H,(H,21,22)(H,23,24)/b14-9+. The molecule has 0 bridgehead atoms. The highest BCUT2D eigenvalue weighted by molar-refractivity contribution is 6.34. The zero-order valence-electron chi connectivity index (χ0n) is 12.9. The van der Waals surface area contributed by atoms with E-state index in [4.69, 9.17) is 9.52 Å². The molecule has 1 aromatic carbocycles. The number of carboxylic acids is 1. The number of amides is 1. The third-order valence-electron chi connectivity index (χ3n) is 3.89. The molecule has 25 heavy (non-hydrogen) atoms. The lowest BCUT2D eigenvalue weighted by molar-refractivity contribution is -0.110. The van der Waals surface area contributed by atoms with Gasteiger partial charge in [-0.1, -0.05) is 18.2 Å². The molecule has 0 spiro atoms. The van der Waals surface area contributed by atoms with Gasteiger partial charge in [0.05, 0.1) is 5.57 Å². The minimum Gasteiger partial charge on any atom is -0.477 e. The Morgan fingerprint density at radius 1 is 1.12 bits per heavy atom. The predicted molar refractivity (Wildman–Crippen MR) is 91.8 cm³/mol. The Morgan fingerprint density at radius 2 is 1.96 bits per heavy atom. The van der Waals surface area contributed by atoms with Gasteiger partial charge in [-0.3, -0.25) is 4.79 Å². The molecule has 0 saturated heterocycles. The second kappa shape index (κ2) is 5.76. The summed E-state index contributed by atoms with van der Waals surface area (Å²) in [6.07, 6.45) is 3.13. The number of rotatable bonds is 3. The molecule has 3 heterocycles. The molecule has 0 saturated carbocycles. The highest BCUT2D eigenvalue weighted by Gasteiger charge is 2.23. The Labute approximate surface area is 142 Å². The number of fused-ring (bicyclic) bond motifs is 1. The van der Waals surface area contributed by atoms with Crippen molar-refractivity contribution in [2.75, 3.05) is 5.32 Å². The number of nitrogens with zero attached hydrogens (tertiary/aromatic N) is 1. The molecule has 1 aliphatic heterocycles. The summed E-state index contributed by atoms with van der Waals surface area (Å²) in [5.41, 5.74) is 2.77. The van der Waals surface area contributed by atoms with Gasteiger partial charge in [0.1, 0.15) is 17.2 Å². The van der Waals surface area contributed by atoms with E-state index < -0.39 is 5.97 Å². The van der Waals surface area contributed by atoms with Crippen LogP contribution in [0, 0.1) is 0 Å². The van der Waals surface area contributed by atoms with Gasteiger partial charge < -0.3 is 14.8 Å². The molecule has 6 heteroatoms. The van der Waals surface area contributed by atoms with Crippen molar-refractivity contribution in [3.05, 3.63) is 71.7 Å². The van der Waals surface area contributed by atoms with Crippen molar-refractivity contribution in [3.63, 3.8) is 0 Å². The number of pyridine rings is 1. The van der Waals surface area contributed by atoms with Crippen LogP contribution in [0.4, 0.5) is 5.69 Å². The first-order valence-corrected chi connectivity index (χ1v) is 7.54. The van der Waals surface area contributed by atoms with E-state index >= 15 is 0 Å². The third-order valence-corrected chi connectivity index (χ3v) is 3.89. The van der Waals surface area contributed by atoms with Gasteiger partial charge >= 0.3 is 5.97 Å². The molecule has 3 aromatic rings. The van der Waals surface area contributed by atoms with Crippen molar-refractivity contribution in [2.24, 2.45) is 0 Å². The van der Waals surface area contributed by atoms with Crippen LogP contribution in [0.2, 0.25) is 0 Å². The van der Waals surface area contributed by atoms with E-state index in [0.717, 1.165) is 11.3 Å². The van der Waals surface area contributed by atoms with Crippen molar-refractivity contribution in [1.29, 1.82) is 0 Å². The number of carbonyl (C=O) groups is 2. The molecule has 0 aliphatic carbocycles. The molecule has 122 valence electrons. The number of hydrogen-bond acceptors (Lipinski definition) is 4. The highest BCUT2D eigenvalue weighted by Crippen LogP contribution is 2.33. The third kappa shape index (κ3) is 2.70. The fourth-order valence-electron chi connectivity index (χ4n) is 2.68. The Kier molecular flexibility index (Phi) is 3.43. The number of para-hydroxylation sites is 1. The normalized spacial score (nSPS) is 14.4. The number of benzene rings is 1. The smallest absolute Gasteiger partial charge is 0.354 e. The summed E-state index contributed by atoms with van der Waals surface area (Å²) in [5, 5.41) is 11.7. The molecular weight excluding hydrogens is 320 g/mol. The number of carbonyl (C=O) groups excluding carboxylic acids is 1. The summed E-state index contributed by atoms with van der Waals surface area (Å²) in [7, 11) is 0. The van der Waals surface area contributed by atoms with Crippen molar-refractivity contribution >= 4 is 29.2 Å². The second-order valence-electron chi connectivity index (χ2n) is 5.50. The Morgan fingerprint density at radius 3 is 2.72 bits per heavy atom. The van der Waals surface area contributed by atoms with Gasteiger partial charge in [-0.15, -0.1) is 0 Å². The minimum atomic E-state index is -1.08. The van der Waals surface area contributed by atoms with E-state index in [0.29, 0.717) is 22.7 Å². The quantitative estimate of drug-likeness (QED) is 0.716. The monoisotopic (exact) mass is 332 g/mol. The summed E-state index contributed by atoms with van der Waals surface area (Å²) in [5.74, 6) is -0.184. The molecule has 1 aliphatic rings. The van der Waals surface area contributed by atoms with Gasteiger partial charge in [-0.2, -0.15) is 0 Å². The molecule has 0 fully saturated rings. The van der Waals surface area contributed by atoms with E-state index in [9.17, 15) is 9.59 Å². The number of hydrogen-bond donors (Lipinski definition) is 2. The number of furan rings is 1. The average Bonchev–Trinajstić information content (AvgIpc) is 3.20. The highest BCUT2D eigenvalue weighted by atomic mass is 16.4. The van der Waals surface area contributed by atoms with Crippen LogP contribution in [0.25, 0.3) is 23.0 Å². The number of aromatic nitrogens is 1. The van der Waals surface area contributed by atoms with E-state index in [1.54, 1.807) is 24.3 Å². The minimum absolute atomic E-state index is 0.0307. The summed E-state index contributed by atoms with van der Waals surface area (Å²) in [4.78, 5) is 26.8. The van der Waals surface area contributed by atoms with Crippen LogP contribution in [0.1, 0.15) is 21.8 Å². The van der Waals surface area contributed by atoms with Crippen molar-refractivity contribution < 1.29 is 19.1 Å². The van der Waals surface area contributed by atoms with Gasteiger partial charge in [-0.05, 0) is 36.4 Å². The summed E-state index contributed by atoms with van der Waals surface area (Å²) in [6, 6.07) is 14.0. The maximum absolute atomic E-state index is 12.1. The zero-order valence-corrected chi connectivity index (χ0v) is 12.9. The number of nitrogens with one attached hydrogen (secondary N) is 1. The molecule has 0 radical (unpaired) electrons. The fraction of sp³-hybridized carbons (Fsp3) is 0. The van der Waals surface area contributed by atoms with Gasteiger partial charge in [0.15, 0.2) is 0 Å². The summed E-state index contributed by atoms with van der Waals surface area (Å²) in [6.45, 7) is 0. The van der Waals surface area contributed by atoms with Crippen LogP contribution in [0.3, 0.4) is 0 Å². The molecular formula is C19H12N2O4. The first kappa shape index (κ1) is 14.9. The largest absolute Gasteiger partial charge is 0.477 e. The first-order valence-electron chi connectivity index (χ1n) is 7.54. The Hall–Kier alpha value is -3.67.